The summed E-state index contributed by atoms with van der Waals surface area (Å²) in [5.41, 5.74) is 0. The van der Waals surface area contributed by atoms with Gasteiger partial charge in [0.15, 0.2) is 0 Å². The summed E-state index contributed by atoms with van der Waals surface area (Å²) in [6.45, 7) is 0.364. The molecule has 0 aliphatic carbocycles. The molecule has 0 unspecified atom stereocenters. The fraction of sp³-hybridized carbons (Fsp3) is 0.333. The summed E-state index contributed by atoms with van der Waals surface area (Å²) in [6, 6.07) is 4.42. The second-order valence-electron chi connectivity index (χ2n) is 2.88. The van der Waals surface area contributed by atoms with E-state index in [0.29, 0.717) is 0 Å². The highest BCUT2D eigenvalue weighted by Crippen LogP contribution is 2.09. The molecule has 1 rings (SSSR count). The number of benzene rings is 1. The van der Waals surface area contributed by atoms with E-state index in [2.05, 4.69) is 9.57 Å². The van der Waals surface area contributed by atoms with E-state index in [-0.39, 0.29) is 18.1 Å². The summed E-state index contributed by atoms with van der Waals surface area (Å²) in [5, 5.41) is 0. The highest BCUT2D eigenvalue weighted by Gasteiger charge is 2.13. The Morgan fingerprint density at radius 1 is 1.25 bits per heavy atom. The van der Waals surface area contributed by atoms with Crippen LogP contribution >= 0.6 is 0 Å². The molecule has 90 valence electrons. The molecule has 0 aromatic heterocycles. The highest BCUT2D eigenvalue weighted by atomic mass is 32.2. The van der Waals surface area contributed by atoms with E-state index in [4.69, 9.17) is 0 Å². The highest BCUT2D eigenvalue weighted by molar-refractivity contribution is 7.89. The predicted molar refractivity (Wildman–Crippen MR) is 54.5 cm³/mol. The molecule has 5 nitrogen and oxygen atoms in total. The van der Waals surface area contributed by atoms with E-state index in [0.717, 1.165) is 24.3 Å². The first-order valence-corrected chi connectivity index (χ1v) is 5.92. The smallest absolute Gasteiger partial charge is 0.262 e. The Balaban J connectivity index is 2.60. The quantitative estimate of drug-likeness (QED) is 0.595. The van der Waals surface area contributed by atoms with Crippen molar-refractivity contribution in [3.63, 3.8) is 0 Å². The average molecular weight is 249 g/mol. The lowest BCUT2D eigenvalue weighted by atomic mass is 10.4. The van der Waals surface area contributed by atoms with Gasteiger partial charge in [-0.15, -0.1) is 0 Å². The van der Waals surface area contributed by atoms with Crippen molar-refractivity contribution in [3.8, 4) is 0 Å². The van der Waals surface area contributed by atoms with Gasteiger partial charge in [-0.05, 0) is 24.3 Å². The van der Waals surface area contributed by atoms with Gasteiger partial charge >= 0.3 is 0 Å². The molecule has 0 fully saturated rings. The van der Waals surface area contributed by atoms with Crippen molar-refractivity contribution < 1.29 is 22.4 Å². The summed E-state index contributed by atoms with van der Waals surface area (Å²) in [7, 11) is -2.28. The minimum Gasteiger partial charge on any atom is -0.382 e. The number of nitrogens with one attached hydrogen (secondary N) is 1. The molecule has 0 aliphatic rings. The first kappa shape index (κ1) is 13.0. The number of hydrogen-bond acceptors (Lipinski definition) is 4. The van der Waals surface area contributed by atoms with Gasteiger partial charge in [-0.2, -0.15) is 0 Å². The Morgan fingerprint density at radius 2 is 1.88 bits per heavy atom. The molecule has 0 bridgehead atoms. The molecule has 0 spiro atoms. The molecule has 1 aromatic carbocycles. The van der Waals surface area contributed by atoms with Crippen molar-refractivity contribution in [2.24, 2.45) is 0 Å². The Bertz CT molecular complexity index is 418. The molecule has 0 aliphatic heterocycles. The Hall–Kier alpha value is -1.02. The second kappa shape index (κ2) is 5.90. The summed E-state index contributed by atoms with van der Waals surface area (Å²) >= 11 is 0. The van der Waals surface area contributed by atoms with E-state index >= 15 is 0 Å². The van der Waals surface area contributed by atoms with Crippen LogP contribution in [0.4, 0.5) is 4.39 Å². The van der Waals surface area contributed by atoms with Crippen molar-refractivity contribution >= 4 is 10.0 Å². The number of rotatable bonds is 6. The van der Waals surface area contributed by atoms with Gasteiger partial charge < -0.3 is 4.74 Å². The van der Waals surface area contributed by atoms with E-state index in [9.17, 15) is 12.8 Å². The zero-order valence-electron chi connectivity index (χ0n) is 8.64. The number of methoxy groups -OCH3 is 1. The van der Waals surface area contributed by atoms with Gasteiger partial charge in [0, 0.05) is 7.11 Å². The molecule has 0 amide bonds. The van der Waals surface area contributed by atoms with Crippen molar-refractivity contribution in [2.75, 3.05) is 20.3 Å². The largest absolute Gasteiger partial charge is 0.382 e. The van der Waals surface area contributed by atoms with Crippen LogP contribution in [0.5, 0.6) is 0 Å². The van der Waals surface area contributed by atoms with Crippen molar-refractivity contribution in [1.82, 2.24) is 4.89 Å². The van der Waals surface area contributed by atoms with Crippen molar-refractivity contribution in [2.45, 2.75) is 4.90 Å². The summed E-state index contributed by atoms with van der Waals surface area (Å²) in [6.07, 6.45) is 0. The van der Waals surface area contributed by atoms with Gasteiger partial charge in [-0.25, -0.2) is 12.8 Å². The van der Waals surface area contributed by atoms with Crippen molar-refractivity contribution in [3.05, 3.63) is 30.1 Å². The van der Waals surface area contributed by atoms with Gasteiger partial charge in [0.2, 0.25) is 0 Å². The van der Waals surface area contributed by atoms with E-state index in [1.807, 2.05) is 4.89 Å². The predicted octanol–water partition coefficient (Wildman–Crippen LogP) is 0.682. The Labute approximate surface area is 93.2 Å². The Kier molecular flexibility index (Phi) is 4.81. The summed E-state index contributed by atoms with van der Waals surface area (Å²) < 4.78 is 40.2. The first-order chi connectivity index (χ1) is 7.56. The minimum absolute atomic E-state index is 0.0636. The normalized spacial score (nSPS) is 11.6. The molecule has 0 radical (unpaired) electrons. The first-order valence-electron chi connectivity index (χ1n) is 4.44. The number of hydrogen-bond donors (Lipinski definition) is 1. The molecule has 0 saturated heterocycles. The lowest BCUT2D eigenvalue weighted by molar-refractivity contribution is 0.0438. The molecule has 0 atom stereocenters. The molecule has 0 heterocycles. The van der Waals surface area contributed by atoms with Crippen LogP contribution in [-0.2, 0) is 19.6 Å². The maximum atomic E-state index is 12.6. The zero-order chi connectivity index (χ0) is 12.0. The van der Waals surface area contributed by atoms with Gasteiger partial charge in [0.1, 0.15) is 5.82 Å². The summed E-state index contributed by atoms with van der Waals surface area (Å²) in [5.74, 6) is -0.501. The monoisotopic (exact) mass is 249 g/mol. The maximum absolute atomic E-state index is 12.6. The molecule has 0 saturated carbocycles. The zero-order valence-corrected chi connectivity index (χ0v) is 9.46. The molecule has 1 N–H and O–H groups in total. The van der Waals surface area contributed by atoms with Crippen LogP contribution < -0.4 is 4.89 Å². The third-order valence-corrected chi connectivity index (χ3v) is 2.91. The van der Waals surface area contributed by atoms with Crippen LogP contribution in [0.2, 0.25) is 0 Å². The third-order valence-electron chi connectivity index (χ3n) is 1.68. The fourth-order valence-electron chi connectivity index (χ4n) is 0.906. The van der Waals surface area contributed by atoms with Gasteiger partial charge in [0.25, 0.3) is 10.0 Å². The molecule has 16 heavy (non-hydrogen) atoms. The van der Waals surface area contributed by atoms with Crippen LogP contribution in [0.1, 0.15) is 0 Å². The lowest BCUT2D eigenvalue weighted by Crippen LogP contribution is -2.25. The van der Waals surface area contributed by atoms with Crippen LogP contribution in [0.3, 0.4) is 0 Å². The number of sulfonamides is 1. The molecular formula is C9H12FNO4S. The molecular weight excluding hydrogens is 237 g/mol. The van der Waals surface area contributed by atoms with Crippen molar-refractivity contribution in [1.29, 1.82) is 0 Å². The number of halogens is 1. The van der Waals surface area contributed by atoms with Crippen LogP contribution in [0.15, 0.2) is 29.2 Å². The molecule has 1 aromatic rings. The number of ether oxygens (including phenoxy) is 1. The van der Waals surface area contributed by atoms with E-state index in [1.54, 1.807) is 0 Å². The maximum Gasteiger partial charge on any atom is 0.262 e. The lowest BCUT2D eigenvalue weighted by Gasteiger charge is -2.06. The van der Waals surface area contributed by atoms with Crippen LogP contribution in [0.25, 0.3) is 0 Å². The minimum atomic E-state index is -3.75. The summed E-state index contributed by atoms with van der Waals surface area (Å²) in [4.78, 5) is 6.50. The van der Waals surface area contributed by atoms with Gasteiger partial charge in [-0.3, -0.25) is 4.84 Å². The topological polar surface area (TPSA) is 64.6 Å². The van der Waals surface area contributed by atoms with Crippen LogP contribution in [-0.4, -0.2) is 28.7 Å². The van der Waals surface area contributed by atoms with E-state index < -0.39 is 15.8 Å². The van der Waals surface area contributed by atoms with Crippen LogP contribution in [0, 0.1) is 5.82 Å². The fourth-order valence-corrected chi connectivity index (χ4v) is 1.74. The average Bonchev–Trinajstić information content (AvgIpc) is 2.25. The molecule has 7 heteroatoms. The van der Waals surface area contributed by atoms with E-state index in [1.165, 1.54) is 7.11 Å². The SMILES string of the molecule is COCCONS(=O)(=O)c1ccc(F)cc1. The standard InChI is InChI=1S/C9H12FNO4S/c1-14-6-7-15-11-16(12,13)9-4-2-8(10)3-5-9/h2-5,11H,6-7H2,1H3. The third kappa shape index (κ3) is 3.86. The van der Waals surface area contributed by atoms with Gasteiger partial charge in [-0.1, -0.05) is 4.89 Å². The second-order valence-corrected chi connectivity index (χ2v) is 4.53. The Morgan fingerprint density at radius 3 is 2.44 bits per heavy atom. The van der Waals surface area contributed by atoms with Gasteiger partial charge in [0.05, 0.1) is 18.1 Å².